The first-order valence-electron chi connectivity index (χ1n) is 15.3. The summed E-state index contributed by atoms with van der Waals surface area (Å²) >= 11 is 13.6. The van der Waals surface area contributed by atoms with Gasteiger partial charge in [0.1, 0.15) is 24.1 Å². The molecule has 3 aromatic carbocycles. The Kier molecular flexibility index (Phi) is 15.5. The van der Waals surface area contributed by atoms with Crippen LogP contribution in [0.2, 0.25) is 10.0 Å². The molecule has 3 rings (SSSR count). The van der Waals surface area contributed by atoms with E-state index in [1.807, 2.05) is 36.6 Å². The highest BCUT2D eigenvalue weighted by atomic mass is 35.5. The van der Waals surface area contributed by atoms with Crippen LogP contribution in [0.1, 0.15) is 39.7 Å². The molecule has 260 valence electrons. The van der Waals surface area contributed by atoms with Gasteiger partial charge in [0.05, 0.1) is 0 Å². The lowest BCUT2D eigenvalue weighted by atomic mass is 10.1. The van der Waals surface area contributed by atoms with Crippen molar-refractivity contribution in [2.45, 2.75) is 58.7 Å². The van der Waals surface area contributed by atoms with E-state index in [9.17, 15) is 18.9 Å². The summed E-state index contributed by atoms with van der Waals surface area (Å²) in [6.07, 6.45) is -0.00647. The number of amides is 2. The minimum absolute atomic E-state index is 0.0147. The van der Waals surface area contributed by atoms with Gasteiger partial charge in [-0.05, 0) is 84.4 Å². The quantitative estimate of drug-likeness (QED) is 0.104. The molecular weight excluding hydrogens is 698 g/mol. The molecule has 0 heterocycles. The van der Waals surface area contributed by atoms with Crippen LogP contribution in [0, 0.1) is 11.8 Å². The Hall–Kier alpha value is -3.37. The highest BCUT2D eigenvalue weighted by Gasteiger charge is 2.44. The van der Waals surface area contributed by atoms with Crippen LogP contribution >= 0.6 is 42.6 Å². The first-order valence-corrected chi connectivity index (χ1v) is 19.0. The minimum atomic E-state index is -4.24. The number of hydrogen-bond acceptors (Lipinski definition) is 9. The van der Waals surface area contributed by atoms with Gasteiger partial charge in [0, 0.05) is 10.0 Å². The second-order valence-corrected chi connectivity index (χ2v) is 15.3. The number of hydrogen-bond donors (Lipinski definition) is 2. The van der Waals surface area contributed by atoms with Crippen molar-refractivity contribution < 1.29 is 37.5 Å². The van der Waals surface area contributed by atoms with Crippen molar-refractivity contribution in [1.82, 2.24) is 10.6 Å². The van der Waals surface area contributed by atoms with E-state index in [1.165, 1.54) is 36.0 Å². The number of rotatable bonds is 17. The number of benzene rings is 3. The zero-order valence-electron chi connectivity index (χ0n) is 27.4. The van der Waals surface area contributed by atoms with E-state index in [4.69, 9.17) is 41.7 Å². The lowest BCUT2D eigenvalue weighted by Gasteiger charge is -2.32. The van der Waals surface area contributed by atoms with Gasteiger partial charge in [-0.15, -0.1) is 0 Å². The average molecular weight is 740 g/mol. The predicted octanol–water partition coefficient (Wildman–Crippen LogP) is 8.36. The molecule has 10 nitrogen and oxygen atoms in total. The molecule has 0 saturated carbocycles. The van der Waals surface area contributed by atoms with Gasteiger partial charge in [0.15, 0.2) is 11.9 Å². The average Bonchev–Trinajstić information content (AvgIpc) is 3.05. The molecule has 0 aliphatic heterocycles. The molecule has 0 unspecified atom stereocenters. The van der Waals surface area contributed by atoms with Crippen molar-refractivity contribution >= 4 is 60.5 Å². The monoisotopic (exact) mass is 738 g/mol. The van der Waals surface area contributed by atoms with E-state index in [-0.39, 0.29) is 24.5 Å². The topological polar surface area (TPSA) is 129 Å². The maximum atomic E-state index is 14.6. The number of thioether (sulfide) groups is 1. The van der Waals surface area contributed by atoms with Crippen LogP contribution in [0.15, 0.2) is 78.9 Å². The zero-order chi connectivity index (χ0) is 35.3. The molecule has 0 aliphatic rings. The Bertz CT molecular complexity index is 1480. The molecule has 0 bridgehead atoms. The van der Waals surface area contributed by atoms with Gasteiger partial charge in [-0.2, -0.15) is 11.8 Å². The van der Waals surface area contributed by atoms with Gasteiger partial charge >= 0.3 is 19.7 Å². The Morgan fingerprint density at radius 2 is 1.33 bits per heavy atom. The molecule has 0 fully saturated rings. The molecule has 3 aromatic rings. The number of carbonyl (C=O) groups is 3. The fraction of sp³-hybridized carbons (Fsp3) is 0.382. The van der Waals surface area contributed by atoms with E-state index in [0.717, 1.165) is 5.56 Å². The highest BCUT2D eigenvalue weighted by molar-refractivity contribution is 7.98. The van der Waals surface area contributed by atoms with Gasteiger partial charge in [-0.25, -0.2) is 14.2 Å². The van der Waals surface area contributed by atoms with Gasteiger partial charge < -0.3 is 29.2 Å². The number of nitrogens with one attached hydrogen (secondary N) is 2. The third-order valence-electron chi connectivity index (χ3n) is 6.86. The van der Waals surface area contributed by atoms with E-state index < -0.39 is 55.3 Å². The minimum Gasteiger partial charge on any atom is -0.450 e. The summed E-state index contributed by atoms with van der Waals surface area (Å²) in [6, 6.07) is 20.4. The smallest absolute Gasteiger partial charge is 0.450 e. The van der Waals surface area contributed by atoms with Crippen molar-refractivity contribution in [1.29, 1.82) is 0 Å². The van der Waals surface area contributed by atoms with Gasteiger partial charge in [0.2, 0.25) is 0 Å². The molecule has 0 aromatic heterocycles. The maximum Gasteiger partial charge on any atom is 0.453 e. The van der Waals surface area contributed by atoms with E-state index >= 15 is 0 Å². The summed E-state index contributed by atoms with van der Waals surface area (Å²) in [5, 5.41) is 6.23. The molecular formula is C34H41Cl2N2O8PS. The fourth-order valence-electron chi connectivity index (χ4n) is 4.35. The lowest BCUT2D eigenvalue weighted by molar-refractivity contribution is -0.160. The number of alkyl carbamates (subject to hydrolysis) is 1. The summed E-state index contributed by atoms with van der Waals surface area (Å²) in [7, 11) is -4.24. The molecule has 0 radical (unpaired) electrons. The van der Waals surface area contributed by atoms with Crippen LogP contribution in [0.5, 0.6) is 11.5 Å². The van der Waals surface area contributed by atoms with E-state index in [0.29, 0.717) is 15.8 Å². The first kappa shape index (κ1) is 39.1. The lowest BCUT2D eigenvalue weighted by Crippen LogP contribution is -2.50. The van der Waals surface area contributed by atoms with Crippen molar-refractivity contribution in [3.63, 3.8) is 0 Å². The summed E-state index contributed by atoms with van der Waals surface area (Å²) in [6.45, 7) is 6.91. The zero-order valence-corrected chi connectivity index (χ0v) is 30.6. The molecule has 14 heteroatoms. The Balaban J connectivity index is 1.81. The van der Waals surface area contributed by atoms with Crippen LogP contribution < -0.4 is 19.7 Å². The Labute approximate surface area is 296 Å². The van der Waals surface area contributed by atoms with Crippen molar-refractivity contribution in [2.24, 2.45) is 11.8 Å². The number of carbonyl (C=O) groups excluding carboxylic acids is 3. The number of ether oxygens (including phenoxy) is 2. The van der Waals surface area contributed by atoms with Crippen LogP contribution in [-0.4, -0.2) is 47.9 Å². The summed E-state index contributed by atoms with van der Waals surface area (Å²) in [4.78, 5) is 39.9. The van der Waals surface area contributed by atoms with Crippen LogP contribution in [-0.2, 0) is 30.2 Å². The van der Waals surface area contributed by atoms with Gasteiger partial charge in [-0.3, -0.25) is 4.79 Å². The Morgan fingerprint density at radius 3 is 1.81 bits per heavy atom. The normalized spacial score (nSPS) is 13.3. The standard InChI is InChI=1S/C34H41Cl2N2O8PS/c1-22(2)30(44-33(40)29(19-20-48-5)37-34(41)43-21-24-9-7-6-8-10-24)31(39)38-32(23(3)4)47(42,45-27-15-11-25(35)12-16-27)46-28-17-13-26(36)14-18-28/h6-18,22-23,29-30,32H,19-21H2,1-5H3,(H,37,41)(H,38,39)/t29-,30-,32-/m0/s1. The molecule has 0 spiro atoms. The Morgan fingerprint density at radius 1 is 0.792 bits per heavy atom. The van der Waals surface area contributed by atoms with E-state index in [1.54, 1.807) is 52.0 Å². The molecule has 2 amide bonds. The van der Waals surface area contributed by atoms with Crippen molar-refractivity contribution in [3.8, 4) is 11.5 Å². The fourth-order valence-corrected chi connectivity index (χ4v) is 7.18. The summed E-state index contributed by atoms with van der Waals surface area (Å²) in [5.41, 5.74) is 0.782. The number of esters is 1. The number of halogens is 2. The second-order valence-electron chi connectivity index (χ2n) is 11.5. The van der Waals surface area contributed by atoms with Crippen LogP contribution in [0.4, 0.5) is 4.79 Å². The van der Waals surface area contributed by atoms with E-state index in [2.05, 4.69) is 10.6 Å². The summed E-state index contributed by atoms with van der Waals surface area (Å²) in [5.74, 6) is -2.76. The second kappa shape index (κ2) is 19.0. The van der Waals surface area contributed by atoms with Gasteiger partial charge in [0.25, 0.3) is 5.91 Å². The van der Waals surface area contributed by atoms with Crippen molar-refractivity contribution in [2.75, 3.05) is 12.0 Å². The third-order valence-corrected chi connectivity index (χ3v) is 10.3. The molecule has 0 aliphatic carbocycles. The predicted molar refractivity (Wildman–Crippen MR) is 190 cm³/mol. The maximum absolute atomic E-state index is 14.6. The third kappa shape index (κ3) is 12.3. The van der Waals surface area contributed by atoms with Crippen LogP contribution in [0.3, 0.4) is 0 Å². The molecule has 3 atom stereocenters. The largest absolute Gasteiger partial charge is 0.453 e. The highest BCUT2D eigenvalue weighted by Crippen LogP contribution is 2.54. The SMILES string of the molecule is CSCC[C@H](NC(=O)OCc1ccccc1)C(=O)O[C@H](C(=O)N[C@H](C(C)C)P(=O)(Oc1ccc(Cl)cc1)Oc1ccc(Cl)cc1)C(C)C. The van der Waals surface area contributed by atoms with Gasteiger partial charge in [-0.1, -0.05) is 81.2 Å². The van der Waals surface area contributed by atoms with Crippen LogP contribution in [0.25, 0.3) is 0 Å². The van der Waals surface area contributed by atoms with Crippen molar-refractivity contribution in [3.05, 3.63) is 94.5 Å². The summed E-state index contributed by atoms with van der Waals surface area (Å²) < 4.78 is 37.6. The molecule has 48 heavy (non-hydrogen) atoms. The molecule has 0 saturated heterocycles. The molecule has 2 N–H and O–H groups in total. The first-order chi connectivity index (χ1) is 22.8.